The van der Waals surface area contributed by atoms with E-state index >= 15 is 0 Å². The highest BCUT2D eigenvalue weighted by Crippen LogP contribution is 2.23. The first-order valence-corrected chi connectivity index (χ1v) is 6.28. The van der Waals surface area contributed by atoms with E-state index in [4.69, 9.17) is 9.47 Å². The van der Waals surface area contributed by atoms with E-state index in [0.29, 0.717) is 6.61 Å². The summed E-state index contributed by atoms with van der Waals surface area (Å²) >= 11 is 0. The SMILES string of the molecule is CCCCOc1ccc(OCCNC)cc1C. The number of likely N-dealkylation sites (N-methyl/N-ethyl adjacent to an activating group) is 1. The number of hydrogen-bond donors (Lipinski definition) is 1. The molecule has 0 bridgehead atoms. The van der Waals surface area contributed by atoms with Crippen LogP contribution in [0.2, 0.25) is 0 Å². The van der Waals surface area contributed by atoms with Crippen LogP contribution in [0.25, 0.3) is 0 Å². The first-order chi connectivity index (χ1) is 8.27. The van der Waals surface area contributed by atoms with E-state index in [1.54, 1.807) is 0 Å². The molecule has 0 amide bonds. The highest BCUT2D eigenvalue weighted by Gasteiger charge is 2.01. The fraction of sp³-hybridized carbons (Fsp3) is 0.571. The maximum Gasteiger partial charge on any atom is 0.122 e. The van der Waals surface area contributed by atoms with Crippen LogP contribution in [0.3, 0.4) is 0 Å². The van der Waals surface area contributed by atoms with Crippen LogP contribution in [0.4, 0.5) is 0 Å². The second kappa shape index (κ2) is 7.96. The van der Waals surface area contributed by atoms with Crippen molar-refractivity contribution in [1.82, 2.24) is 5.32 Å². The third kappa shape index (κ3) is 5.09. The maximum absolute atomic E-state index is 5.69. The van der Waals surface area contributed by atoms with Crippen molar-refractivity contribution in [3.05, 3.63) is 23.8 Å². The number of rotatable bonds is 8. The molecule has 96 valence electrons. The van der Waals surface area contributed by atoms with Gasteiger partial charge in [0.2, 0.25) is 0 Å². The Morgan fingerprint density at radius 1 is 1.18 bits per heavy atom. The molecule has 1 aromatic rings. The Bertz CT molecular complexity index is 326. The van der Waals surface area contributed by atoms with Crippen LogP contribution in [0.15, 0.2) is 18.2 Å². The molecule has 0 aliphatic carbocycles. The van der Waals surface area contributed by atoms with E-state index in [9.17, 15) is 0 Å². The molecule has 0 aliphatic rings. The lowest BCUT2D eigenvalue weighted by atomic mass is 10.2. The predicted octanol–water partition coefficient (Wildman–Crippen LogP) is 2.77. The second-order valence-electron chi connectivity index (χ2n) is 4.08. The smallest absolute Gasteiger partial charge is 0.122 e. The average molecular weight is 237 g/mol. The van der Waals surface area contributed by atoms with Crippen LogP contribution < -0.4 is 14.8 Å². The molecule has 3 heteroatoms. The average Bonchev–Trinajstić information content (AvgIpc) is 2.32. The second-order valence-corrected chi connectivity index (χ2v) is 4.08. The number of nitrogens with one attached hydrogen (secondary N) is 1. The number of aryl methyl sites for hydroxylation is 1. The van der Waals surface area contributed by atoms with E-state index in [-0.39, 0.29) is 0 Å². The van der Waals surface area contributed by atoms with E-state index in [1.807, 2.05) is 32.2 Å². The zero-order valence-electron chi connectivity index (χ0n) is 11.1. The molecule has 0 saturated carbocycles. The summed E-state index contributed by atoms with van der Waals surface area (Å²) in [5.74, 6) is 1.86. The zero-order chi connectivity index (χ0) is 12.5. The van der Waals surface area contributed by atoms with Gasteiger partial charge in [0.25, 0.3) is 0 Å². The molecular weight excluding hydrogens is 214 g/mol. The molecule has 0 fully saturated rings. The lowest BCUT2D eigenvalue weighted by molar-refractivity contribution is 0.302. The lowest BCUT2D eigenvalue weighted by Crippen LogP contribution is -2.15. The van der Waals surface area contributed by atoms with E-state index in [2.05, 4.69) is 12.2 Å². The third-order valence-corrected chi connectivity index (χ3v) is 2.52. The summed E-state index contributed by atoms with van der Waals surface area (Å²) < 4.78 is 11.3. The van der Waals surface area contributed by atoms with Gasteiger partial charge in [0.15, 0.2) is 0 Å². The summed E-state index contributed by atoms with van der Waals surface area (Å²) in [6.07, 6.45) is 2.25. The molecule has 0 spiro atoms. The van der Waals surface area contributed by atoms with E-state index in [0.717, 1.165) is 43.1 Å². The summed E-state index contributed by atoms with van der Waals surface area (Å²) in [5.41, 5.74) is 1.13. The topological polar surface area (TPSA) is 30.5 Å². The molecular formula is C14H23NO2. The van der Waals surface area contributed by atoms with Gasteiger partial charge >= 0.3 is 0 Å². The Morgan fingerprint density at radius 3 is 2.65 bits per heavy atom. The summed E-state index contributed by atoms with van der Waals surface area (Å²) in [6.45, 7) is 6.54. The minimum Gasteiger partial charge on any atom is -0.493 e. The largest absolute Gasteiger partial charge is 0.493 e. The van der Waals surface area contributed by atoms with Gasteiger partial charge < -0.3 is 14.8 Å². The molecule has 0 aromatic heterocycles. The molecule has 3 nitrogen and oxygen atoms in total. The maximum atomic E-state index is 5.69. The Morgan fingerprint density at radius 2 is 2.00 bits per heavy atom. The standard InChI is InChI=1S/C14H23NO2/c1-4-5-9-17-14-7-6-13(11-12(14)2)16-10-8-15-3/h6-7,11,15H,4-5,8-10H2,1-3H3. The monoisotopic (exact) mass is 237 g/mol. The van der Waals surface area contributed by atoms with E-state index in [1.165, 1.54) is 0 Å². The Hall–Kier alpha value is -1.22. The van der Waals surface area contributed by atoms with E-state index < -0.39 is 0 Å². The van der Waals surface area contributed by atoms with Crippen LogP contribution in [0.1, 0.15) is 25.3 Å². The molecule has 0 aliphatic heterocycles. The zero-order valence-corrected chi connectivity index (χ0v) is 11.1. The summed E-state index contributed by atoms with van der Waals surface area (Å²) in [7, 11) is 1.92. The fourth-order valence-corrected chi connectivity index (χ4v) is 1.47. The Labute approximate surface area is 104 Å². The van der Waals surface area contributed by atoms with Gasteiger partial charge in [-0.05, 0) is 44.2 Å². The van der Waals surface area contributed by atoms with Crippen molar-refractivity contribution < 1.29 is 9.47 Å². The molecule has 0 radical (unpaired) electrons. The number of ether oxygens (including phenoxy) is 2. The van der Waals surface area contributed by atoms with Crippen LogP contribution in [0, 0.1) is 6.92 Å². The lowest BCUT2D eigenvalue weighted by Gasteiger charge is -2.11. The van der Waals surface area contributed by atoms with Crippen molar-refractivity contribution in [2.75, 3.05) is 26.8 Å². The van der Waals surface area contributed by atoms with Crippen molar-refractivity contribution in [2.24, 2.45) is 0 Å². The number of unbranched alkanes of at least 4 members (excludes halogenated alkanes) is 1. The number of hydrogen-bond acceptors (Lipinski definition) is 3. The van der Waals surface area contributed by atoms with Gasteiger partial charge in [0, 0.05) is 6.54 Å². The normalized spacial score (nSPS) is 10.3. The van der Waals surface area contributed by atoms with Gasteiger partial charge in [-0.25, -0.2) is 0 Å². The van der Waals surface area contributed by atoms with Gasteiger partial charge in [-0.15, -0.1) is 0 Å². The fourth-order valence-electron chi connectivity index (χ4n) is 1.47. The predicted molar refractivity (Wildman–Crippen MR) is 71.0 cm³/mol. The first-order valence-electron chi connectivity index (χ1n) is 6.28. The molecule has 17 heavy (non-hydrogen) atoms. The van der Waals surface area contributed by atoms with Gasteiger partial charge in [0.1, 0.15) is 18.1 Å². The van der Waals surface area contributed by atoms with Crippen LogP contribution in [-0.2, 0) is 0 Å². The van der Waals surface area contributed by atoms with Crippen molar-refractivity contribution >= 4 is 0 Å². The van der Waals surface area contributed by atoms with Crippen molar-refractivity contribution in [3.63, 3.8) is 0 Å². The Balaban J connectivity index is 2.47. The van der Waals surface area contributed by atoms with Crippen LogP contribution >= 0.6 is 0 Å². The molecule has 1 rings (SSSR count). The van der Waals surface area contributed by atoms with Gasteiger partial charge in [-0.3, -0.25) is 0 Å². The Kier molecular flexibility index (Phi) is 6.48. The third-order valence-electron chi connectivity index (χ3n) is 2.52. The highest BCUT2D eigenvalue weighted by molar-refractivity contribution is 5.39. The molecule has 0 atom stereocenters. The quantitative estimate of drug-likeness (QED) is 0.705. The highest BCUT2D eigenvalue weighted by atomic mass is 16.5. The molecule has 1 N–H and O–H groups in total. The van der Waals surface area contributed by atoms with Crippen molar-refractivity contribution in [2.45, 2.75) is 26.7 Å². The summed E-state index contributed by atoms with van der Waals surface area (Å²) in [4.78, 5) is 0. The van der Waals surface area contributed by atoms with Gasteiger partial charge in [-0.1, -0.05) is 13.3 Å². The van der Waals surface area contributed by atoms with Gasteiger partial charge in [-0.2, -0.15) is 0 Å². The van der Waals surface area contributed by atoms with Crippen molar-refractivity contribution in [3.8, 4) is 11.5 Å². The first kappa shape index (κ1) is 13.8. The minimum absolute atomic E-state index is 0.686. The molecule has 0 heterocycles. The number of benzene rings is 1. The minimum atomic E-state index is 0.686. The summed E-state index contributed by atoms with van der Waals surface area (Å²) in [5, 5.41) is 3.05. The van der Waals surface area contributed by atoms with Crippen LogP contribution in [0.5, 0.6) is 11.5 Å². The molecule has 0 unspecified atom stereocenters. The van der Waals surface area contributed by atoms with Crippen molar-refractivity contribution in [1.29, 1.82) is 0 Å². The van der Waals surface area contributed by atoms with Gasteiger partial charge in [0.05, 0.1) is 6.61 Å². The van der Waals surface area contributed by atoms with Crippen LogP contribution in [-0.4, -0.2) is 26.8 Å². The molecule has 1 aromatic carbocycles. The molecule has 0 saturated heterocycles. The summed E-state index contributed by atoms with van der Waals surface area (Å²) in [6, 6.07) is 5.97.